The summed E-state index contributed by atoms with van der Waals surface area (Å²) in [5, 5.41) is 0. The zero-order chi connectivity index (χ0) is 10.1. The fraction of sp³-hybridized carbons (Fsp3) is 0.727. The maximum absolute atomic E-state index is 6.00. The first-order valence-electron chi connectivity index (χ1n) is 5.13. The van der Waals surface area contributed by atoms with Gasteiger partial charge < -0.3 is 0 Å². The molecule has 0 unspecified atom stereocenters. The second-order valence-electron chi connectivity index (χ2n) is 5.32. The number of halogens is 1. The first-order chi connectivity index (χ1) is 6.47. The molecule has 14 heavy (non-hydrogen) atoms. The molecule has 0 amide bonds. The lowest BCUT2D eigenvalue weighted by Gasteiger charge is -2.34. The third-order valence-corrected chi connectivity index (χ3v) is 5.97. The van der Waals surface area contributed by atoms with Gasteiger partial charge in [0, 0.05) is 16.2 Å². The van der Waals surface area contributed by atoms with Crippen molar-refractivity contribution in [2.45, 2.75) is 44.9 Å². The second kappa shape index (κ2) is 2.35. The van der Waals surface area contributed by atoms with E-state index >= 15 is 0 Å². The Hall–Kier alpha value is -0.0800. The molecule has 1 fully saturated rings. The molecule has 1 heterocycles. The number of thiazole rings is 1. The Labute approximate surface area is 93.5 Å². The van der Waals surface area contributed by atoms with Gasteiger partial charge in [0.2, 0.25) is 0 Å². The van der Waals surface area contributed by atoms with Crippen molar-refractivity contribution in [1.29, 1.82) is 0 Å². The molecule has 3 heteroatoms. The predicted molar refractivity (Wildman–Crippen MR) is 60.2 cm³/mol. The quantitative estimate of drug-likeness (QED) is 0.654. The topological polar surface area (TPSA) is 12.9 Å². The van der Waals surface area contributed by atoms with Gasteiger partial charge in [-0.1, -0.05) is 32.4 Å². The minimum atomic E-state index is 0.274. The lowest BCUT2D eigenvalue weighted by molar-refractivity contribution is 0.227. The summed E-state index contributed by atoms with van der Waals surface area (Å²) < 4.78 is 0.726. The number of hydrogen-bond donors (Lipinski definition) is 0. The average Bonchev–Trinajstić information content (AvgIpc) is 2.59. The highest BCUT2D eigenvalue weighted by molar-refractivity contribution is 7.16. The van der Waals surface area contributed by atoms with Gasteiger partial charge in [-0.2, -0.15) is 0 Å². The van der Waals surface area contributed by atoms with Crippen LogP contribution in [0.1, 0.15) is 50.1 Å². The van der Waals surface area contributed by atoms with Crippen LogP contribution in [0.4, 0.5) is 0 Å². The molecule has 1 aromatic heterocycles. The van der Waals surface area contributed by atoms with Crippen LogP contribution in [0.15, 0.2) is 0 Å². The zero-order valence-electron chi connectivity index (χ0n) is 8.72. The average molecular weight is 228 g/mol. The smallest absolute Gasteiger partial charge is 0.184 e. The summed E-state index contributed by atoms with van der Waals surface area (Å²) in [4.78, 5) is 5.99. The van der Waals surface area contributed by atoms with Crippen molar-refractivity contribution in [1.82, 2.24) is 4.98 Å². The van der Waals surface area contributed by atoms with Gasteiger partial charge in [0.25, 0.3) is 0 Å². The Morgan fingerprint density at radius 2 is 2.14 bits per heavy atom. The van der Waals surface area contributed by atoms with Crippen molar-refractivity contribution >= 4 is 22.9 Å². The molecule has 2 aliphatic carbocycles. The van der Waals surface area contributed by atoms with E-state index in [0.29, 0.717) is 11.3 Å². The van der Waals surface area contributed by atoms with Gasteiger partial charge in [-0.3, -0.25) is 0 Å². The van der Waals surface area contributed by atoms with Crippen molar-refractivity contribution in [3.05, 3.63) is 15.0 Å². The summed E-state index contributed by atoms with van der Waals surface area (Å²) in [5.41, 5.74) is 1.95. The van der Waals surface area contributed by atoms with Gasteiger partial charge in [0.05, 0.1) is 5.69 Å². The van der Waals surface area contributed by atoms with Crippen LogP contribution in [0.3, 0.4) is 0 Å². The lowest BCUT2D eigenvalue weighted by atomic mass is 9.70. The third kappa shape index (κ3) is 0.772. The highest BCUT2D eigenvalue weighted by atomic mass is 35.5. The van der Waals surface area contributed by atoms with Gasteiger partial charge in [-0.25, -0.2) is 4.98 Å². The highest BCUT2D eigenvalue weighted by Crippen LogP contribution is 2.68. The molecule has 2 aliphatic rings. The van der Waals surface area contributed by atoms with E-state index in [4.69, 9.17) is 11.6 Å². The molecular formula is C11H14ClNS. The molecule has 0 aliphatic heterocycles. The Balaban J connectivity index is 2.28. The molecule has 0 aromatic carbocycles. The summed E-state index contributed by atoms with van der Waals surface area (Å²) >= 11 is 7.69. The molecule has 3 rings (SSSR count). The second-order valence-corrected chi connectivity index (χ2v) is 6.94. The van der Waals surface area contributed by atoms with Gasteiger partial charge in [-0.15, -0.1) is 11.3 Å². The van der Waals surface area contributed by atoms with Gasteiger partial charge in [-0.05, 0) is 18.3 Å². The van der Waals surface area contributed by atoms with Crippen LogP contribution in [-0.4, -0.2) is 4.98 Å². The van der Waals surface area contributed by atoms with Crippen molar-refractivity contribution in [2.75, 3.05) is 0 Å². The van der Waals surface area contributed by atoms with Crippen molar-refractivity contribution in [3.8, 4) is 0 Å². The fourth-order valence-electron chi connectivity index (χ4n) is 3.32. The van der Waals surface area contributed by atoms with Crippen molar-refractivity contribution in [2.24, 2.45) is 5.41 Å². The Kier molecular flexibility index (Phi) is 1.54. The van der Waals surface area contributed by atoms with Crippen LogP contribution in [0, 0.1) is 5.41 Å². The van der Waals surface area contributed by atoms with Gasteiger partial charge in [0.15, 0.2) is 4.47 Å². The molecule has 2 bridgehead atoms. The maximum Gasteiger partial charge on any atom is 0.184 e. The minimum Gasteiger partial charge on any atom is -0.229 e. The zero-order valence-corrected chi connectivity index (χ0v) is 10.3. The van der Waals surface area contributed by atoms with E-state index in [2.05, 4.69) is 25.8 Å². The Morgan fingerprint density at radius 3 is 2.79 bits per heavy atom. The van der Waals surface area contributed by atoms with Gasteiger partial charge in [0.1, 0.15) is 0 Å². The molecule has 1 saturated carbocycles. The lowest BCUT2D eigenvalue weighted by Crippen LogP contribution is -2.31. The SMILES string of the molecule is CC1(C)[C@H]2CC[C@@]1(C)c1nc(Cl)sc12. The largest absolute Gasteiger partial charge is 0.229 e. The van der Waals surface area contributed by atoms with Crippen LogP contribution in [0.5, 0.6) is 0 Å². The van der Waals surface area contributed by atoms with E-state index in [0.717, 1.165) is 4.47 Å². The van der Waals surface area contributed by atoms with Crippen LogP contribution in [-0.2, 0) is 5.41 Å². The molecule has 0 spiro atoms. The minimum absolute atomic E-state index is 0.274. The Bertz CT molecular complexity index is 409. The third-order valence-electron chi connectivity index (χ3n) is 4.69. The maximum atomic E-state index is 6.00. The number of aromatic nitrogens is 1. The molecule has 1 nitrogen and oxygen atoms in total. The summed E-state index contributed by atoms with van der Waals surface area (Å²) in [6.07, 6.45) is 2.59. The molecular weight excluding hydrogens is 214 g/mol. The predicted octanol–water partition coefficient (Wildman–Crippen LogP) is 3.97. The van der Waals surface area contributed by atoms with Gasteiger partial charge >= 0.3 is 0 Å². The molecule has 0 saturated heterocycles. The highest BCUT2D eigenvalue weighted by Gasteiger charge is 2.61. The Morgan fingerprint density at radius 1 is 1.43 bits per heavy atom. The number of fused-ring (bicyclic) bond motifs is 5. The first kappa shape index (κ1) is 9.17. The van der Waals surface area contributed by atoms with Crippen molar-refractivity contribution in [3.63, 3.8) is 0 Å². The van der Waals surface area contributed by atoms with Crippen LogP contribution in [0.25, 0.3) is 0 Å². The normalized spacial score (nSPS) is 37.6. The molecule has 76 valence electrons. The summed E-state index contributed by atoms with van der Waals surface area (Å²) in [7, 11) is 0. The fourth-order valence-corrected chi connectivity index (χ4v) is 4.89. The van der Waals surface area contributed by atoms with Crippen LogP contribution >= 0.6 is 22.9 Å². The molecule has 0 N–H and O–H groups in total. The van der Waals surface area contributed by atoms with E-state index in [1.54, 1.807) is 11.3 Å². The van der Waals surface area contributed by atoms with E-state index in [1.807, 2.05) is 0 Å². The van der Waals surface area contributed by atoms with E-state index in [-0.39, 0.29) is 5.41 Å². The summed E-state index contributed by atoms with van der Waals surface area (Å²) in [5.74, 6) is 0.701. The number of hydrogen-bond acceptors (Lipinski definition) is 2. The standard InChI is InChI=1S/C11H14ClNS/c1-10(2)6-4-5-11(10,3)8-7(6)14-9(12)13-8/h6H,4-5H2,1-3H3/t6-,11-/m0/s1. The molecule has 1 aromatic rings. The van der Waals surface area contributed by atoms with E-state index in [1.165, 1.54) is 23.4 Å². The molecule has 0 radical (unpaired) electrons. The van der Waals surface area contributed by atoms with E-state index in [9.17, 15) is 0 Å². The monoisotopic (exact) mass is 227 g/mol. The molecule has 2 atom stereocenters. The summed E-state index contributed by atoms with van der Waals surface area (Å²) in [6.45, 7) is 7.12. The first-order valence-corrected chi connectivity index (χ1v) is 6.33. The van der Waals surface area contributed by atoms with Crippen LogP contribution in [0.2, 0.25) is 4.47 Å². The number of nitrogens with zero attached hydrogens (tertiary/aromatic N) is 1. The van der Waals surface area contributed by atoms with Crippen LogP contribution < -0.4 is 0 Å². The number of rotatable bonds is 0. The summed E-state index contributed by atoms with van der Waals surface area (Å²) in [6, 6.07) is 0. The van der Waals surface area contributed by atoms with Crippen molar-refractivity contribution < 1.29 is 0 Å². The van der Waals surface area contributed by atoms with E-state index < -0.39 is 0 Å².